The lowest BCUT2D eigenvalue weighted by Gasteiger charge is -2.28. The summed E-state index contributed by atoms with van der Waals surface area (Å²) in [6.45, 7) is 7.99. The number of hydrogen-bond acceptors (Lipinski definition) is 7. The van der Waals surface area contributed by atoms with Crippen molar-refractivity contribution in [3.63, 3.8) is 0 Å². The highest BCUT2D eigenvalue weighted by Crippen LogP contribution is 2.20. The average molecular weight is 446 g/mol. The molecule has 9 heteroatoms. The summed E-state index contributed by atoms with van der Waals surface area (Å²) in [6, 6.07) is 9.43. The van der Waals surface area contributed by atoms with Crippen molar-refractivity contribution in [1.29, 1.82) is 0 Å². The Morgan fingerprint density at radius 2 is 1.71 bits per heavy atom. The molecule has 0 saturated heterocycles. The normalized spacial score (nSPS) is 11.8. The van der Waals surface area contributed by atoms with E-state index in [0.29, 0.717) is 38.8 Å². The van der Waals surface area contributed by atoms with Crippen LogP contribution in [0, 0.1) is 10.1 Å². The average Bonchev–Trinajstić information content (AvgIpc) is 2.75. The largest absolute Gasteiger partial charge is 0.500 e. The summed E-state index contributed by atoms with van der Waals surface area (Å²) in [5.74, 6) is 0. The maximum Gasteiger partial charge on any atom is 0.500 e. The fraction of sp³-hybridized carbons (Fsp3) is 0.455. The smallest absolute Gasteiger partial charge is 0.374 e. The lowest BCUT2D eigenvalue weighted by molar-refractivity contribution is -0.384. The summed E-state index contributed by atoms with van der Waals surface area (Å²) in [6.07, 6.45) is 6.59. The number of aliphatic imine (C=N–C) groups is 1. The Labute approximate surface area is 184 Å². The zero-order chi connectivity index (χ0) is 22.5. The van der Waals surface area contributed by atoms with Crippen LogP contribution in [0.2, 0.25) is 6.04 Å². The molecule has 0 amide bonds. The summed E-state index contributed by atoms with van der Waals surface area (Å²) >= 11 is 0. The summed E-state index contributed by atoms with van der Waals surface area (Å²) in [5, 5.41) is 11.2. The van der Waals surface area contributed by atoms with Crippen LogP contribution in [0.3, 0.4) is 0 Å². The third kappa shape index (κ3) is 7.95. The maximum absolute atomic E-state index is 11.2. The van der Waals surface area contributed by atoms with Crippen LogP contribution in [0.5, 0.6) is 0 Å². The monoisotopic (exact) mass is 445 g/mol. The van der Waals surface area contributed by atoms with E-state index in [0.717, 1.165) is 23.1 Å². The highest BCUT2D eigenvalue weighted by Gasteiger charge is 2.39. The fourth-order valence-corrected chi connectivity index (χ4v) is 5.84. The summed E-state index contributed by atoms with van der Waals surface area (Å²) < 4.78 is 17.6. The van der Waals surface area contributed by atoms with Gasteiger partial charge in [0.1, 0.15) is 0 Å². The van der Waals surface area contributed by atoms with E-state index in [9.17, 15) is 10.1 Å². The number of nitro groups is 1. The summed E-state index contributed by atoms with van der Waals surface area (Å²) in [4.78, 5) is 19.4. The minimum atomic E-state index is -2.68. The predicted octanol–water partition coefficient (Wildman–Crippen LogP) is 4.44. The molecule has 0 radical (unpaired) electrons. The second-order valence-corrected chi connectivity index (χ2v) is 9.53. The van der Waals surface area contributed by atoms with Gasteiger partial charge in [-0.3, -0.25) is 20.1 Å². The molecule has 0 fully saturated rings. The van der Waals surface area contributed by atoms with Gasteiger partial charge in [0.05, 0.1) is 4.92 Å². The molecule has 0 saturated carbocycles. The minimum Gasteiger partial charge on any atom is -0.374 e. The molecule has 1 aromatic carbocycles. The van der Waals surface area contributed by atoms with Gasteiger partial charge in [0, 0.05) is 68.7 Å². The van der Waals surface area contributed by atoms with E-state index in [1.807, 2.05) is 32.9 Å². The lowest BCUT2D eigenvalue weighted by Crippen LogP contribution is -2.46. The number of pyridine rings is 1. The van der Waals surface area contributed by atoms with Crippen LogP contribution in [0.4, 0.5) is 5.69 Å². The molecule has 168 valence electrons. The molecular formula is C22H31N3O5Si. The molecule has 1 heterocycles. The molecule has 0 spiro atoms. The van der Waals surface area contributed by atoms with Crippen LogP contribution in [-0.4, -0.2) is 51.3 Å². The van der Waals surface area contributed by atoms with Gasteiger partial charge in [-0.05, 0) is 56.9 Å². The van der Waals surface area contributed by atoms with Gasteiger partial charge in [-0.1, -0.05) is 6.07 Å². The Hall–Kier alpha value is -2.46. The number of nitro benzene ring substituents is 1. The van der Waals surface area contributed by atoms with Gasteiger partial charge in [0.25, 0.3) is 5.69 Å². The number of rotatable bonds is 14. The van der Waals surface area contributed by atoms with E-state index in [1.165, 1.54) is 6.07 Å². The van der Waals surface area contributed by atoms with Crippen molar-refractivity contribution in [3.8, 4) is 0 Å². The summed E-state index contributed by atoms with van der Waals surface area (Å²) in [7, 11) is -2.68. The van der Waals surface area contributed by atoms with Crippen LogP contribution in [0.15, 0.2) is 47.7 Å². The van der Waals surface area contributed by atoms with E-state index in [1.54, 1.807) is 30.7 Å². The molecule has 0 bridgehead atoms. The van der Waals surface area contributed by atoms with E-state index in [2.05, 4.69) is 9.98 Å². The van der Waals surface area contributed by atoms with Gasteiger partial charge in [-0.15, -0.1) is 0 Å². The van der Waals surface area contributed by atoms with Crippen molar-refractivity contribution in [1.82, 2.24) is 4.98 Å². The quantitative estimate of drug-likeness (QED) is 0.140. The van der Waals surface area contributed by atoms with Gasteiger partial charge in [-0.25, -0.2) is 0 Å². The van der Waals surface area contributed by atoms with E-state index >= 15 is 0 Å². The molecule has 0 aliphatic heterocycles. The number of aromatic nitrogens is 1. The minimum absolute atomic E-state index is 0.0513. The Bertz CT molecular complexity index is 831. The first-order valence-electron chi connectivity index (χ1n) is 10.6. The van der Waals surface area contributed by atoms with Crippen molar-refractivity contribution >= 4 is 20.7 Å². The molecule has 1 aromatic heterocycles. The molecule has 0 aliphatic rings. The van der Waals surface area contributed by atoms with Crippen molar-refractivity contribution < 1.29 is 18.2 Å². The highest BCUT2D eigenvalue weighted by atomic mass is 28.4. The standard InChI is InChI=1S/C22H31N3O5Si/c1-4-28-31(29-5-2,30-6-3)15-7-12-24-18-21-17-22(25(26)27)9-8-20(21)16-19-10-13-23-14-11-19/h8-11,13-14,17-18H,4-7,12,15-16H2,1-3H3/b24-18+. The molecule has 0 atom stereocenters. The second-order valence-electron chi connectivity index (χ2n) is 6.79. The Balaban J connectivity index is 2.09. The van der Waals surface area contributed by atoms with Crippen molar-refractivity contribution in [2.24, 2.45) is 4.99 Å². The van der Waals surface area contributed by atoms with Crippen LogP contribution in [0.1, 0.15) is 43.9 Å². The van der Waals surface area contributed by atoms with Crippen LogP contribution < -0.4 is 0 Å². The first-order chi connectivity index (χ1) is 15.0. The van der Waals surface area contributed by atoms with Crippen molar-refractivity contribution in [3.05, 3.63) is 69.5 Å². The molecule has 2 rings (SSSR count). The molecule has 31 heavy (non-hydrogen) atoms. The van der Waals surface area contributed by atoms with Gasteiger partial charge < -0.3 is 13.3 Å². The zero-order valence-corrected chi connectivity index (χ0v) is 19.5. The SMILES string of the molecule is CCO[Si](CCC/N=C/c1cc([N+](=O)[O-])ccc1Cc1ccncc1)(OCC)OCC. The lowest BCUT2D eigenvalue weighted by atomic mass is 10.0. The van der Waals surface area contributed by atoms with Gasteiger partial charge in [0.2, 0.25) is 0 Å². The summed E-state index contributed by atoms with van der Waals surface area (Å²) in [5.41, 5.74) is 2.85. The van der Waals surface area contributed by atoms with Crippen molar-refractivity contribution in [2.75, 3.05) is 26.4 Å². The van der Waals surface area contributed by atoms with Crippen LogP contribution >= 0.6 is 0 Å². The van der Waals surface area contributed by atoms with Crippen molar-refractivity contribution in [2.45, 2.75) is 39.7 Å². The molecule has 8 nitrogen and oxygen atoms in total. The Morgan fingerprint density at radius 1 is 1.06 bits per heavy atom. The first-order valence-corrected chi connectivity index (χ1v) is 12.5. The molecule has 0 aliphatic carbocycles. The maximum atomic E-state index is 11.2. The number of hydrogen-bond donors (Lipinski definition) is 0. The number of nitrogens with zero attached hydrogens (tertiary/aromatic N) is 3. The van der Waals surface area contributed by atoms with Crippen LogP contribution in [-0.2, 0) is 19.7 Å². The third-order valence-corrected chi connectivity index (χ3v) is 7.73. The molecule has 0 N–H and O–H groups in total. The molecular weight excluding hydrogens is 414 g/mol. The number of benzene rings is 1. The van der Waals surface area contributed by atoms with Gasteiger partial charge >= 0.3 is 8.80 Å². The first kappa shape index (κ1) is 24.8. The third-order valence-electron chi connectivity index (χ3n) is 4.58. The van der Waals surface area contributed by atoms with Crippen LogP contribution in [0.25, 0.3) is 0 Å². The molecule has 0 unspecified atom stereocenters. The fourth-order valence-electron chi connectivity index (χ4n) is 3.25. The van der Waals surface area contributed by atoms with E-state index < -0.39 is 8.80 Å². The van der Waals surface area contributed by atoms with E-state index in [-0.39, 0.29) is 10.6 Å². The topological polar surface area (TPSA) is 96.1 Å². The second kappa shape index (κ2) is 13.1. The predicted molar refractivity (Wildman–Crippen MR) is 123 cm³/mol. The number of non-ortho nitro benzene ring substituents is 1. The zero-order valence-electron chi connectivity index (χ0n) is 18.5. The Kier molecular flexibility index (Phi) is 10.4. The molecule has 2 aromatic rings. The Morgan fingerprint density at radius 3 is 2.29 bits per heavy atom. The highest BCUT2D eigenvalue weighted by molar-refractivity contribution is 6.60. The van der Waals surface area contributed by atoms with Gasteiger partial charge in [0.15, 0.2) is 0 Å². The van der Waals surface area contributed by atoms with Gasteiger partial charge in [-0.2, -0.15) is 0 Å². The van der Waals surface area contributed by atoms with E-state index in [4.69, 9.17) is 13.3 Å².